The van der Waals surface area contributed by atoms with Gasteiger partial charge in [-0.25, -0.2) is 0 Å². The molecule has 0 spiro atoms. The molecule has 0 aromatic carbocycles. The highest BCUT2D eigenvalue weighted by molar-refractivity contribution is 5.55. The van der Waals surface area contributed by atoms with E-state index in [0.717, 1.165) is 6.29 Å². The molecule has 70 valence electrons. The van der Waals surface area contributed by atoms with E-state index in [-0.39, 0.29) is 5.92 Å². The zero-order valence-corrected chi connectivity index (χ0v) is 7.41. The third-order valence-corrected chi connectivity index (χ3v) is 2.31. The Labute approximate surface area is 71.8 Å². The minimum Gasteiger partial charge on any atom is -0.380 e. The second kappa shape index (κ2) is 3.98. The van der Waals surface area contributed by atoms with Gasteiger partial charge in [-0.05, 0) is 0 Å². The van der Waals surface area contributed by atoms with Crippen LogP contribution in [-0.2, 0) is 19.0 Å². The Morgan fingerprint density at radius 3 is 2.58 bits per heavy atom. The molecule has 0 N–H and O–H groups in total. The van der Waals surface area contributed by atoms with E-state index < -0.39 is 5.79 Å². The van der Waals surface area contributed by atoms with Gasteiger partial charge in [0.1, 0.15) is 6.29 Å². The summed E-state index contributed by atoms with van der Waals surface area (Å²) in [5, 5.41) is 0. The monoisotopic (exact) mass is 174 g/mol. The van der Waals surface area contributed by atoms with Crippen molar-refractivity contribution in [3.05, 3.63) is 0 Å². The van der Waals surface area contributed by atoms with Crippen molar-refractivity contribution in [1.29, 1.82) is 0 Å². The van der Waals surface area contributed by atoms with Gasteiger partial charge in [-0.1, -0.05) is 0 Å². The van der Waals surface area contributed by atoms with Gasteiger partial charge in [-0.15, -0.1) is 0 Å². The summed E-state index contributed by atoms with van der Waals surface area (Å²) < 4.78 is 15.5. The minimum absolute atomic E-state index is 0.318. The van der Waals surface area contributed by atoms with Gasteiger partial charge in [0.05, 0.1) is 19.1 Å². The Kier molecular flexibility index (Phi) is 3.20. The number of ether oxygens (including phenoxy) is 3. The summed E-state index contributed by atoms with van der Waals surface area (Å²) in [5.74, 6) is -1.08. The minimum atomic E-state index is -0.764. The van der Waals surface area contributed by atoms with Crippen LogP contribution in [0.15, 0.2) is 0 Å². The van der Waals surface area contributed by atoms with Crippen LogP contribution in [0.4, 0.5) is 0 Å². The average Bonchev–Trinajstić information content (AvgIpc) is 2.17. The highest BCUT2D eigenvalue weighted by Gasteiger charge is 2.41. The zero-order valence-electron chi connectivity index (χ0n) is 7.41. The maximum atomic E-state index is 10.7. The van der Waals surface area contributed by atoms with E-state index in [1.54, 1.807) is 14.2 Å². The lowest BCUT2D eigenvalue weighted by Crippen LogP contribution is -2.49. The predicted octanol–water partition coefficient (Wildman–Crippen LogP) is 0.211. The smallest absolute Gasteiger partial charge is 0.181 e. The summed E-state index contributed by atoms with van der Waals surface area (Å²) in [6, 6.07) is 0. The first kappa shape index (κ1) is 9.64. The molecule has 1 unspecified atom stereocenters. The van der Waals surface area contributed by atoms with Gasteiger partial charge in [0.2, 0.25) is 0 Å². The van der Waals surface area contributed by atoms with Gasteiger partial charge in [-0.2, -0.15) is 0 Å². The van der Waals surface area contributed by atoms with Crippen LogP contribution < -0.4 is 0 Å². The van der Waals surface area contributed by atoms with Crippen molar-refractivity contribution in [2.75, 3.05) is 27.4 Å². The largest absolute Gasteiger partial charge is 0.380 e. The molecule has 1 heterocycles. The molecular formula is C8H14O4. The first-order chi connectivity index (χ1) is 5.79. The molecule has 4 nitrogen and oxygen atoms in total. The Balaban J connectivity index is 2.72. The molecule has 1 atom stereocenters. The summed E-state index contributed by atoms with van der Waals surface area (Å²) in [5.41, 5.74) is 0. The predicted molar refractivity (Wildman–Crippen MR) is 41.7 cm³/mol. The fourth-order valence-corrected chi connectivity index (χ4v) is 1.47. The van der Waals surface area contributed by atoms with Crippen LogP contribution in [0.25, 0.3) is 0 Å². The number of hydrogen-bond donors (Lipinski definition) is 0. The summed E-state index contributed by atoms with van der Waals surface area (Å²) in [6.45, 7) is 0.956. The number of carbonyl (C=O) groups excluding carboxylic acids is 1. The quantitative estimate of drug-likeness (QED) is 0.453. The lowest BCUT2D eigenvalue weighted by molar-refractivity contribution is -0.266. The lowest BCUT2D eigenvalue weighted by Gasteiger charge is -2.38. The molecule has 0 radical (unpaired) electrons. The van der Waals surface area contributed by atoms with Gasteiger partial charge in [-0.3, -0.25) is 0 Å². The second-order valence-electron chi connectivity index (χ2n) is 2.79. The van der Waals surface area contributed by atoms with Gasteiger partial charge in [0.25, 0.3) is 0 Å². The summed E-state index contributed by atoms with van der Waals surface area (Å²) in [6.07, 6.45) is 1.43. The van der Waals surface area contributed by atoms with E-state index in [2.05, 4.69) is 0 Å². The van der Waals surface area contributed by atoms with Crippen LogP contribution >= 0.6 is 0 Å². The number of rotatable bonds is 3. The number of hydrogen-bond acceptors (Lipinski definition) is 4. The van der Waals surface area contributed by atoms with Crippen LogP contribution in [0, 0.1) is 5.92 Å². The molecule has 4 heteroatoms. The van der Waals surface area contributed by atoms with Crippen molar-refractivity contribution >= 4 is 6.29 Å². The molecule has 1 aliphatic rings. The van der Waals surface area contributed by atoms with Crippen molar-refractivity contribution in [2.24, 2.45) is 5.92 Å². The zero-order chi connectivity index (χ0) is 9.03. The van der Waals surface area contributed by atoms with Crippen LogP contribution in [-0.4, -0.2) is 39.5 Å². The lowest BCUT2D eigenvalue weighted by atomic mass is 9.95. The average molecular weight is 174 g/mol. The normalized spacial score (nSPS) is 28.3. The summed E-state index contributed by atoms with van der Waals surface area (Å²) >= 11 is 0. The molecular weight excluding hydrogens is 160 g/mol. The SMILES string of the molecule is COC1(OC)CCOCC1C=O. The Morgan fingerprint density at radius 2 is 2.17 bits per heavy atom. The highest BCUT2D eigenvalue weighted by atomic mass is 16.7. The third kappa shape index (κ3) is 1.50. The van der Waals surface area contributed by atoms with Gasteiger partial charge in [0, 0.05) is 20.6 Å². The maximum Gasteiger partial charge on any atom is 0.181 e. The van der Waals surface area contributed by atoms with E-state index in [9.17, 15) is 4.79 Å². The molecule has 0 aliphatic carbocycles. The molecule has 1 saturated heterocycles. The summed E-state index contributed by atoms with van der Waals surface area (Å²) in [4.78, 5) is 10.7. The molecule has 0 aromatic rings. The first-order valence-electron chi connectivity index (χ1n) is 3.92. The fraction of sp³-hybridized carbons (Fsp3) is 0.875. The van der Waals surface area contributed by atoms with E-state index in [1.165, 1.54) is 0 Å². The van der Waals surface area contributed by atoms with Crippen LogP contribution in [0.3, 0.4) is 0 Å². The number of carbonyl (C=O) groups is 1. The van der Waals surface area contributed by atoms with Crippen molar-refractivity contribution in [3.63, 3.8) is 0 Å². The van der Waals surface area contributed by atoms with Crippen molar-refractivity contribution in [2.45, 2.75) is 12.2 Å². The molecule has 0 saturated carbocycles. The van der Waals surface area contributed by atoms with Crippen LogP contribution in [0.2, 0.25) is 0 Å². The van der Waals surface area contributed by atoms with Gasteiger partial charge in [0.15, 0.2) is 5.79 Å². The van der Waals surface area contributed by atoms with E-state index in [4.69, 9.17) is 14.2 Å². The van der Waals surface area contributed by atoms with E-state index >= 15 is 0 Å². The van der Waals surface area contributed by atoms with Gasteiger partial charge >= 0.3 is 0 Å². The Morgan fingerprint density at radius 1 is 1.50 bits per heavy atom. The van der Waals surface area contributed by atoms with Gasteiger partial charge < -0.3 is 19.0 Å². The molecule has 0 aromatic heterocycles. The molecule has 0 amide bonds. The van der Waals surface area contributed by atoms with Crippen LogP contribution in [0.1, 0.15) is 6.42 Å². The topological polar surface area (TPSA) is 44.8 Å². The molecule has 1 aliphatic heterocycles. The first-order valence-corrected chi connectivity index (χ1v) is 3.92. The standard InChI is InChI=1S/C8H14O4/c1-10-8(11-2)3-4-12-6-7(8)5-9/h5,7H,3-4,6H2,1-2H3. The van der Waals surface area contributed by atoms with Crippen molar-refractivity contribution in [3.8, 4) is 0 Å². The van der Waals surface area contributed by atoms with E-state index in [0.29, 0.717) is 19.6 Å². The molecule has 12 heavy (non-hydrogen) atoms. The number of methoxy groups -OCH3 is 2. The fourth-order valence-electron chi connectivity index (χ4n) is 1.47. The highest BCUT2D eigenvalue weighted by Crippen LogP contribution is 2.29. The van der Waals surface area contributed by atoms with Crippen molar-refractivity contribution in [1.82, 2.24) is 0 Å². The second-order valence-corrected chi connectivity index (χ2v) is 2.79. The third-order valence-electron chi connectivity index (χ3n) is 2.31. The molecule has 1 fully saturated rings. The Hall–Kier alpha value is -0.450. The number of aldehydes is 1. The summed E-state index contributed by atoms with van der Waals surface area (Å²) in [7, 11) is 3.09. The Bertz CT molecular complexity index is 153. The van der Waals surface area contributed by atoms with Crippen LogP contribution in [0.5, 0.6) is 0 Å². The molecule has 1 rings (SSSR count). The van der Waals surface area contributed by atoms with E-state index in [1.807, 2.05) is 0 Å². The van der Waals surface area contributed by atoms with Crippen molar-refractivity contribution < 1.29 is 19.0 Å². The maximum absolute atomic E-state index is 10.7. The molecule has 0 bridgehead atoms.